The first-order chi connectivity index (χ1) is 10.8. The van der Waals surface area contributed by atoms with Crippen molar-refractivity contribution in [2.24, 2.45) is 5.92 Å². The Hall–Kier alpha value is -1.44. The third kappa shape index (κ3) is 5.02. The Morgan fingerprint density at radius 2 is 1.91 bits per heavy atom. The minimum absolute atomic E-state index is 0.00253. The molecule has 1 aliphatic rings. The van der Waals surface area contributed by atoms with Crippen molar-refractivity contribution in [2.75, 3.05) is 11.9 Å². The van der Waals surface area contributed by atoms with Crippen molar-refractivity contribution in [3.8, 4) is 0 Å². The smallest absolute Gasteiger partial charge is 0.240 e. The Labute approximate surface area is 138 Å². The lowest BCUT2D eigenvalue weighted by atomic mass is 9.92. The predicted molar refractivity (Wildman–Crippen MR) is 90.7 cm³/mol. The number of piperidine rings is 1. The molecule has 1 aromatic carbocycles. The zero-order valence-corrected chi connectivity index (χ0v) is 14.6. The van der Waals surface area contributed by atoms with E-state index >= 15 is 0 Å². The summed E-state index contributed by atoms with van der Waals surface area (Å²) in [6, 6.07) is 6.43. The Bertz CT molecular complexity index is 641. The van der Waals surface area contributed by atoms with Gasteiger partial charge in [0.25, 0.3) is 0 Å². The summed E-state index contributed by atoms with van der Waals surface area (Å²) in [6.45, 7) is 6.45. The van der Waals surface area contributed by atoms with Crippen LogP contribution in [0, 0.1) is 5.92 Å². The Morgan fingerprint density at radius 3 is 2.48 bits per heavy atom. The largest absolute Gasteiger partial charge is 0.326 e. The van der Waals surface area contributed by atoms with Crippen LogP contribution >= 0.6 is 0 Å². The van der Waals surface area contributed by atoms with Gasteiger partial charge in [0.15, 0.2) is 0 Å². The van der Waals surface area contributed by atoms with Crippen LogP contribution in [0.5, 0.6) is 0 Å². The lowest BCUT2D eigenvalue weighted by molar-refractivity contribution is -0.120. The normalized spacial score (nSPS) is 22.1. The molecule has 1 aromatic rings. The van der Waals surface area contributed by atoms with E-state index < -0.39 is 10.0 Å². The van der Waals surface area contributed by atoms with Crippen LogP contribution < -0.4 is 15.4 Å². The summed E-state index contributed by atoms with van der Waals surface area (Å²) in [6.07, 6.45) is 1.64. The Kier molecular flexibility index (Phi) is 5.78. The van der Waals surface area contributed by atoms with Crippen molar-refractivity contribution in [3.63, 3.8) is 0 Å². The van der Waals surface area contributed by atoms with Crippen molar-refractivity contribution in [3.05, 3.63) is 24.3 Å². The highest BCUT2D eigenvalue weighted by molar-refractivity contribution is 7.89. The van der Waals surface area contributed by atoms with Gasteiger partial charge in [-0.15, -0.1) is 0 Å². The van der Waals surface area contributed by atoms with E-state index in [-0.39, 0.29) is 22.8 Å². The highest BCUT2D eigenvalue weighted by atomic mass is 32.2. The first-order valence-electron chi connectivity index (χ1n) is 7.94. The van der Waals surface area contributed by atoms with Gasteiger partial charge in [-0.2, -0.15) is 0 Å². The van der Waals surface area contributed by atoms with E-state index in [1.54, 1.807) is 26.0 Å². The fourth-order valence-corrected chi connectivity index (χ4v) is 3.96. The molecule has 7 heteroatoms. The van der Waals surface area contributed by atoms with Crippen LogP contribution in [0.2, 0.25) is 0 Å². The summed E-state index contributed by atoms with van der Waals surface area (Å²) in [4.78, 5) is 12.5. The summed E-state index contributed by atoms with van der Waals surface area (Å²) in [7, 11) is -3.50. The maximum absolute atomic E-state index is 12.3. The number of hydrogen-bond donors (Lipinski definition) is 3. The van der Waals surface area contributed by atoms with Gasteiger partial charge in [0.1, 0.15) is 0 Å². The average Bonchev–Trinajstić information content (AvgIpc) is 2.46. The molecule has 128 valence electrons. The van der Waals surface area contributed by atoms with Crippen LogP contribution in [-0.2, 0) is 14.8 Å². The van der Waals surface area contributed by atoms with Crippen LogP contribution in [0.25, 0.3) is 0 Å². The molecule has 0 unspecified atom stereocenters. The standard InChI is InChI=1S/C16H25N3O3S/c1-11(2)19-23(21,22)15-6-4-14(5-7-15)18-16(20)13-8-9-17-12(3)10-13/h4-7,11-13,17,19H,8-10H2,1-3H3,(H,18,20)/t12-,13-/m0/s1. The quantitative estimate of drug-likeness (QED) is 0.762. The topological polar surface area (TPSA) is 87.3 Å². The van der Waals surface area contributed by atoms with E-state index in [1.165, 1.54) is 12.1 Å². The molecule has 1 amide bonds. The molecule has 1 saturated heterocycles. The van der Waals surface area contributed by atoms with Crippen molar-refractivity contribution in [1.82, 2.24) is 10.0 Å². The fraction of sp³-hybridized carbons (Fsp3) is 0.562. The van der Waals surface area contributed by atoms with Gasteiger partial charge in [-0.1, -0.05) is 0 Å². The molecule has 2 rings (SSSR count). The molecule has 2 atom stereocenters. The predicted octanol–water partition coefficient (Wildman–Crippen LogP) is 1.70. The number of benzene rings is 1. The van der Waals surface area contributed by atoms with E-state index in [4.69, 9.17) is 0 Å². The SMILES string of the molecule is CC(C)NS(=O)(=O)c1ccc(NC(=O)[C@H]2CCN[C@@H](C)C2)cc1. The average molecular weight is 339 g/mol. The molecule has 6 nitrogen and oxygen atoms in total. The first-order valence-corrected chi connectivity index (χ1v) is 9.43. The van der Waals surface area contributed by atoms with Crippen LogP contribution in [0.1, 0.15) is 33.6 Å². The molecule has 0 bridgehead atoms. The highest BCUT2D eigenvalue weighted by Crippen LogP contribution is 2.20. The molecule has 3 N–H and O–H groups in total. The Morgan fingerprint density at radius 1 is 1.26 bits per heavy atom. The van der Waals surface area contributed by atoms with Crippen molar-refractivity contribution < 1.29 is 13.2 Å². The monoisotopic (exact) mass is 339 g/mol. The number of hydrogen-bond acceptors (Lipinski definition) is 4. The van der Waals surface area contributed by atoms with Gasteiger partial charge in [0.05, 0.1) is 4.90 Å². The van der Waals surface area contributed by atoms with Gasteiger partial charge in [-0.25, -0.2) is 13.1 Å². The first kappa shape index (κ1) is 17.9. The van der Waals surface area contributed by atoms with Gasteiger partial charge in [-0.3, -0.25) is 4.79 Å². The molecule has 1 heterocycles. The maximum Gasteiger partial charge on any atom is 0.240 e. The number of carbonyl (C=O) groups excluding carboxylic acids is 1. The molecule has 1 fully saturated rings. The van der Waals surface area contributed by atoms with E-state index in [1.807, 2.05) is 0 Å². The van der Waals surface area contributed by atoms with Gasteiger partial charge in [-0.05, 0) is 64.4 Å². The summed E-state index contributed by atoms with van der Waals surface area (Å²) in [5, 5.41) is 6.19. The molecular formula is C16H25N3O3S. The number of amides is 1. The van der Waals surface area contributed by atoms with Crippen LogP contribution in [-0.4, -0.2) is 33.0 Å². The summed E-state index contributed by atoms with van der Waals surface area (Å²) < 4.78 is 26.6. The third-order valence-corrected chi connectivity index (χ3v) is 5.49. The lowest BCUT2D eigenvalue weighted by Gasteiger charge is -2.27. The zero-order chi connectivity index (χ0) is 17.0. The van der Waals surface area contributed by atoms with Crippen molar-refractivity contribution in [2.45, 2.75) is 50.6 Å². The number of sulfonamides is 1. The fourth-order valence-electron chi connectivity index (χ4n) is 2.71. The third-order valence-electron chi connectivity index (χ3n) is 3.82. The number of nitrogens with one attached hydrogen (secondary N) is 3. The summed E-state index contributed by atoms with van der Waals surface area (Å²) in [5.74, 6) is -0.00784. The second-order valence-corrected chi connectivity index (χ2v) is 8.08. The molecular weight excluding hydrogens is 314 g/mol. The van der Waals surface area contributed by atoms with Gasteiger partial charge >= 0.3 is 0 Å². The van der Waals surface area contributed by atoms with E-state index in [9.17, 15) is 13.2 Å². The van der Waals surface area contributed by atoms with E-state index in [0.717, 1.165) is 19.4 Å². The van der Waals surface area contributed by atoms with E-state index in [0.29, 0.717) is 11.7 Å². The van der Waals surface area contributed by atoms with Crippen molar-refractivity contribution in [1.29, 1.82) is 0 Å². The lowest BCUT2D eigenvalue weighted by Crippen LogP contribution is -2.40. The van der Waals surface area contributed by atoms with Gasteiger partial charge in [0, 0.05) is 23.7 Å². The van der Waals surface area contributed by atoms with Crippen LogP contribution in [0.4, 0.5) is 5.69 Å². The number of rotatable bonds is 5. The molecule has 0 saturated carbocycles. The molecule has 0 aliphatic carbocycles. The van der Waals surface area contributed by atoms with Crippen LogP contribution in [0.15, 0.2) is 29.2 Å². The van der Waals surface area contributed by atoms with Crippen LogP contribution in [0.3, 0.4) is 0 Å². The molecule has 23 heavy (non-hydrogen) atoms. The molecule has 0 radical (unpaired) electrons. The molecule has 1 aliphatic heterocycles. The molecule has 0 aromatic heterocycles. The molecule has 0 spiro atoms. The number of carbonyl (C=O) groups is 1. The highest BCUT2D eigenvalue weighted by Gasteiger charge is 2.24. The second kappa shape index (κ2) is 7.42. The summed E-state index contributed by atoms with van der Waals surface area (Å²) in [5.41, 5.74) is 0.615. The minimum atomic E-state index is -3.50. The minimum Gasteiger partial charge on any atom is -0.326 e. The van der Waals surface area contributed by atoms with E-state index in [2.05, 4.69) is 22.3 Å². The maximum atomic E-state index is 12.3. The number of anilines is 1. The summed E-state index contributed by atoms with van der Waals surface area (Å²) >= 11 is 0. The van der Waals surface area contributed by atoms with Crippen molar-refractivity contribution >= 4 is 21.6 Å². The van der Waals surface area contributed by atoms with Gasteiger partial charge < -0.3 is 10.6 Å². The zero-order valence-electron chi connectivity index (χ0n) is 13.8. The Balaban J connectivity index is 2.01. The second-order valence-electron chi connectivity index (χ2n) is 6.37. The van der Waals surface area contributed by atoms with Gasteiger partial charge in [0.2, 0.25) is 15.9 Å².